The van der Waals surface area contributed by atoms with Gasteiger partial charge in [-0.1, -0.05) is 51.3 Å². The molecule has 0 fully saturated rings. The molecule has 152 valence electrons. The van der Waals surface area contributed by atoms with Gasteiger partial charge in [0.25, 0.3) is 0 Å². The molecule has 1 aliphatic rings. The Labute approximate surface area is 168 Å². The highest BCUT2D eigenvalue weighted by atomic mass is 16.5. The fraction of sp³-hybridized carbons (Fsp3) is 0.409. The minimum absolute atomic E-state index is 0.333. The van der Waals surface area contributed by atoms with Crippen molar-refractivity contribution in [3.05, 3.63) is 60.6 Å². The van der Waals surface area contributed by atoms with Crippen LogP contribution < -0.4 is 5.32 Å². The van der Waals surface area contributed by atoms with Crippen LogP contribution in [-0.4, -0.2) is 35.5 Å². The Bertz CT molecular complexity index is 709. The maximum Gasteiger partial charge on any atom is 0.247 e. The molecule has 6 nitrogen and oxygen atoms in total. The summed E-state index contributed by atoms with van der Waals surface area (Å²) in [6, 6.07) is 1.06. The van der Waals surface area contributed by atoms with Crippen LogP contribution in [0.15, 0.2) is 65.6 Å². The van der Waals surface area contributed by atoms with E-state index in [2.05, 4.69) is 23.5 Å². The van der Waals surface area contributed by atoms with Gasteiger partial charge < -0.3 is 15.2 Å². The molecule has 28 heavy (non-hydrogen) atoms. The number of rotatable bonds is 3. The number of aliphatic hydroxyl groups excluding tert-OH is 1. The van der Waals surface area contributed by atoms with E-state index < -0.39 is 18.1 Å². The Morgan fingerprint density at radius 2 is 2.07 bits per heavy atom. The van der Waals surface area contributed by atoms with Gasteiger partial charge in [0.15, 0.2) is 6.10 Å². The first-order chi connectivity index (χ1) is 13.4. The van der Waals surface area contributed by atoms with E-state index in [4.69, 9.17) is 10.00 Å². The van der Waals surface area contributed by atoms with Crippen LogP contribution in [0.3, 0.4) is 0 Å². The molecule has 0 bridgehead atoms. The molecule has 0 saturated heterocycles. The number of nitriles is 1. The van der Waals surface area contributed by atoms with E-state index in [1.54, 1.807) is 44.2 Å². The van der Waals surface area contributed by atoms with Gasteiger partial charge in [-0.3, -0.25) is 4.79 Å². The molecular weight excluding hydrogens is 354 g/mol. The number of carbonyl (C=O) groups is 1. The average Bonchev–Trinajstić information content (AvgIpc) is 2.70. The molecule has 1 heterocycles. The second-order valence-corrected chi connectivity index (χ2v) is 5.68. The summed E-state index contributed by atoms with van der Waals surface area (Å²) in [6.45, 7) is 15.2. The van der Waals surface area contributed by atoms with Gasteiger partial charge in [-0.25, -0.2) is 4.99 Å². The summed E-state index contributed by atoms with van der Waals surface area (Å²) < 4.78 is 5.64. The fourth-order valence-electron chi connectivity index (χ4n) is 2.36. The molecule has 0 aliphatic carbocycles. The summed E-state index contributed by atoms with van der Waals surface area (Å²) in [5.74, 6) is 0.00248. The number of nitrogens with zero attached hydrogens (tertiary/aromatic N) is 2. The number of hydrogen-bond acceptors (Lipinski definition) is 5. The van der Waals surface area contributed by atoms with E-state index >= 15 is 0 Å². The molecule has 0 saturated carbocycles. The predicted molar refractivity (Wildman–Crippen MR) is 114 cm³/mol. The van der Waals surface area contributed by atoms with Crippen LogP contribution in [0.5, 0.6) is 0 Å². The molecule has 2 unspecified atom stereocenters. The highest BCUT2D eigenvalue weighted by molar-refractivity contribution is 6.09. The van der Waals surface area contributed by atoms with Crippen LogP contribution in [0.2, 0.25) is 0 Å². The summed E-state index contributed by atoms with van der Waals surface area (Å²) in [7, 11) is 0. The summed E-state index contributed by atoms with van der Waals surface area (Å²) in [6.07, 6.45) is 8.10. The summed E-state index contributed by atoms with van der Waals surface area (Å²) in [5.41, 5.74) is 1.50. The third-order valence-electron chi connectivity index (χ3n) is 3.80. The minimum atomic E-state index is -1.30. The number of carbonyl (C=O) groups excluding carboxylic acids is 1. The van der Waals surface area contributed by atoms with E-state index in [1.807, 2.05) is 19.9 Å². The van der Waals surface area contributed by atoms with Crippen LogP contribution in [0, 0.1) is 11.3 Å². The number of ether oxygens (including phenoxy) is 1. The third-order valence-corrected chi connectivity index (χ3v) is 3.80. The molecule has 0 spiro atoms. The molecule has 0 radical (unpaired) electrons. The van der Waals surface area contributed by atoms with E-state index in [0.717, 1.165) is 0 Å². The zero-order chi connectivity index (χ0) is 21.5. The van der Waals surface area contributed by atoms with E-state index in [1.165, 1.54) is 0 Å². The second-order valence-electron chi connectivity index (χ2n) is 5.68. The van der Waals surface area contributed by atoms with Crippen LogP contribution >= 0.6 is 0 Å². The summed E-state index contributed by atoms with van der Waals surface area (Å²) in [4.78, 5) is 17.0. The first-order valence-electron chi connectivity index (χ1n) is 9.32. The van der Waals surface area contributed by atoms with Crippen molar-refractivity contribution in [2.24, 2.45) is 4.99 Å². The van der Waals surface area contributed by atoms with Gasteiger partial charge in [0.1, 0.15) is 0 Å². The van der Waals surface area contributed by atoms with Crippen LogP contribution in [0.1, 0.15) is 40.5 Å². The number of aliphatic imine (C=N–C) groups is 1. The Hall–Kier alpha value is -2.91. The van der Waals surface area contributed by atoms with Gasteiger partial charge in [-0.05, 0) is 32.8 Å². The van der Waals surface area contributed by atoms with Gasteiger partial charge in [-0.2, -0.15) is 5.26 Å². The number of hydrogen-bond donors (Lipinski definition) is 2. The zero-order valence-electron chi connectivity index (χ0n) is 17.2. The summed E-state index contributed by atoms with van der Waals surface area (Å²) in [5, 5.41) is 21.5. The number of allylic oxidation sites excluding steroid dienone is 4. The lowest BCUT2D eigenvalue weighted by atomic mass is 10.0. The first kappa shape index (κ1) is 25.1. The largest absolute Gasteiger partial charge is 0.477 e. The molecule has 1 amide bonds. The molecule has 0 aromatic rings. The molecule has 6 heteroatoms. The van der Waals surface area contributed by atoms with Gasteiger partial charge in [-0.15, -0.1) is 0 Å². The van der Waals surface area contributed by atoms with Crippen molar-refractivity contribution in [1.82, 2.24) is 5.32 Å². The lowest BCUT2D eigenvalue weighted by molar-refractivity contribution is -0.118. The quantitative estimate of drug-likeness (QED) is 0.571. The van der Waals surface area contributed by atoms with E-state index in [-0.39, 0.29) is 0 Å². The van der Waals surface area contributed by atoms with E-state index in [0.29, 0.717) is 42.2 Å². The van der Waals surface area contributed by atoms with Gasteiger partial charge in [0.05, 0.1) is 18.7 Å². The monoisotopic (exact) mass is 385 g/mol. The maximum atomic E-state index is 12.6. The minimum Gasteiger partial charge on any atom is -0.477 e. The molecule has 1 rings (SSSR count). The molecular formula is C22H31N3O3. The van der Waals surface area contributed by atoms with Crippen LogP contribution in [0.4, 0.5) is 0 Å². The van der Waals surface area contributed by atoms with Crippen molar-refractivity contribution in [3.63, 3.8) is 0 Å². The van der Waals surface area contributed by atoms with Gasteiger partial charge in [0, 0.05) is 16.9 Å². The standard InChI is InChI=1S/C20H25N3O3.C2H6/c1-5-10-19-22-15(4)16(6-2)14(3)20(25)23-17(18(24)13-21)11-8-7-9-12-26-19;1-2/h5-8,10,17-18,24H,1-2,9,11-12H2,3-4H3,(H,23,25);1-2H3/b8-7-,16-14-,19-10+,22-15+;. The molecule has 2 N–H and O–H groups in total. The SMILES string of the molecule is C=C\C=C1/N=C(C)/C(C=C)=C(/C)C(=O)NC(C(O)C#N)C/C=C\CCO1.CC. The zero-order valence-corrected chi connectivity index (χ0v) is 17.2. The Morgan fingerprint density at radius 1 is 1.39 bits per heavy atom. The smallest absolute Gasteiger partial charge is 0.247 e. The number of aliphatic hydroxyl groups is 1. The van der Waals surface area contributed by atoms with Crippen molar-refractivity contribution in [2.75, 3.05) is 6.61 Å². The lowest BCUT2D eigenvalue weighted by Gasteiger charge is -2.20. The van der Waals surface area contributed by atoms with Gasteiger partial charge >= 0.3 is 0 Å². The van der Waals surface area contributed by atoms with Crippen LogP contribution in [0.25, 0.3) is 0 Å². The molecule has 1 aliphatic heterocycles. The molecule has 0 aromatic heterocycles. The highest BCUT2D eigenvalue weighted by Gasteiger charge is 2.22. The average molecular weight is 386 g/mol. The van der Waals surface area contributed by atoms with Crippen LogP contribution in [-0.2, 0) is 9.53 Å². The lowest BCUT2D eigenvalue weighted by Crippen LogP contribution is -2.43. The van der Waals surface area contributed by atoms with Crippen molar-refractivity contribution < 1.29 is 14.6 Å². The normalized spacial score (nSPS) is 26.6. The van der Waals surface area contributed by atoms with Gasteiger partial charge in [0.2, 0.25) is 11.8 Å². The predicted octanol–water partition coefficient (Wildman–Crippen LogP) is 3.74. The Morgan fingerprint density at radius 3 is 2.64 bits per heavy atom. The Kier molecular flexibility index (Phi) is 12.7. The highest BCUT2D eigenvalue weighted by Crippen LogP contribution is 2.14. The summed E-state index contributed by atoms with van der Waals surface area (Å²) >= 11 is 0. The molecule has 0 aromatic carbocycles. The Balaban J connectivity index is 0.00000352. The fourth-order valence-corrected chi connectivity index (χ4v) is 2.36. The van der Waals surface area contributed by atoms with Crippen molar-refractivity contribution in [3.8, 4) is 6.07 Å². The third kappa shape index (κ3) is 8.19. The number of nitrogens with one attached hydrogen (secondary N) is 1. The second kappa shape index (κ2) is 14.2. The van der Waals surface area contributed by atoms with E-state index in [9.17, 15) is 9.90 Å². The maximum absolute atomic E-state index is 12.6. The van der Waals surface area contributed by atoms with Crippen molar-refractivity contribution in [2.45, 2.75) is 52.7 Å². The van der Waals surface area contributed by atoms with Crippen molar-refractivity contribution in [1.29, 1.82) is 5.26 Å². The molecule has 2 atom stereocenters. The topological polar surface area (TPSA) is 94.7 Å². The van der Waals surface area contributed by atoms with Crippen molar-refractivity contribution >= 4 is 11.6 Å². The first-order valence-corrected chi connectivity index (χ1v) is 9.32. The number of amides is 1.